The number of hydrogen-bond acceptors (Lipinski definition) is 5. The van der Waals surface area contributed by atoms with Crippen LogP contribution in [0, 0.1) is 18.3 Å². The number of hydrogen-bond donors (Lipinski definition) is 0. The van der Waals surface area contributed by atoms with E-state index in [1.165, 1.54) is 5.69 Å². The van der Waals surface area contributed by atoms with Crippen LogP contribution in [-0.4, -0.2) is 47.0 Å². The number of nitrogens with zero attached hydrogens (tertiary/aromatic N) is 4. The fraction of sp³-hybridized carbons (Fsp3) is 0.714. The van der Waals surface area contributed by atoms with E-state index < -0.39 is 0 Å². The SMILES string of the molecule is CCCC(C#N)N1CCN(Cc2csc(C)n2)CC1. The molecular formula is C14H22N4S. The van der Waals surface area contributed by atoms with Crippen LogP contribution in [-0.2, 0) is 6.54 Å². The average Bonchev–Trinajstić information content (AvgIpc) is 2.82. The minimum absolute atomic E-state index is 0.105. The summed E-state index contributed by atoms with van der Waals surface area (Å²) in [7, 11) is 0. The summed E-state index contributed by atoms with van der Waals surface area (Å²) in [5.41, 5.74) is 1.18. The molecule has 5 heteroatoms. The van der Waals surface area contributed by atoms with Gasteiger partial charge in [-0.05, 0) is 13.3 Å². The number of piperazine rings is 1. The van der Waals surface area contributed by atoms with Crippen molar-refractivity contribution in [1.29, 1.82) is 5.26 Å². The third kappa shape index (κ3) is 4.00. The highest BCUT2D eigenvalue weighted by Crippen LogP contribution is 2.14. The number of aromatic nitrogens is 1. The number of thiazole rings is 1. The third-order valence-electron chi connectivity index (χ3n) is 3.61. The van der Waals surface area contributed by atoms with Crippen molar-refractivity contribution in [1.82, 2.24) is 14.8 Å². The fourth-order valence-electron chi connectivity index (χ4n) is 2.55. The molecule has 1 aliphatic rings. The highest BCUT2D eigenvalue weighted by atomic mass is 32.1. The van der Waals surface area contributed by atoms with Gasteiger partial charge < -0.3 is 0 Å². The molecule has 1 unspecified atom stereocenters. The van der Waals surface area contributed by atoms with Crippen molar-refractivity contribution in [3.63, 3.8) is 0 Å². The van der Waals surface area contributed by atoms with Crippen molar-refractivity contribution in [3.8, 4) is 6.07 Å². The Bertz CT molecular complexity index is 429. The molecule has 1 saturated heterocycles. The monoisotopic (exact) mass is 278 g/mol. The Morgan fingerprint density at radius 1 is 1.42 bits per heavy atom. The maximum Gasteiger partial charge on any atom is 0.0978 e. The Kier molecular flexibility index (Phi) is 5.32. The van der Waals surface area contributed by atoms with Crippen LogP contribution >= 0.6 is 11.3 Å². The molecule has 0 bridgehead atoms. The van der Waals surface area contributed by atoms with Gasteiger partial charge >= 0.3 is 0 Å². The Hall–Kier alpha value is -0.960. The Morgan fingerprint density at radius 3 is 2.68 bits per heavy atom. The smallest absolute Gasteiger partial charge is 0.0978 e. The van der Waals surface area contributed by atoms with E-state index >= 15 is 0 Å². The van der Waals surface area contributed by atoms with Gasteiger partial charge in [0.2, 0.25) is 0 Å². The molecule has 0 radical (unpaired) electrons. The van der Waals surface area contributed by atoms with Crippen molar-refractivity contribution in [2.75, 3.05) is 26.2 Å². The quantitative estimate of drug-likeness (QED) is 0.828. The van der Waals surface area contributed by atoms with Gasteiger partial charge in [0.25, 0.3) is 0 Å². The van der Waals surface area contributed by atoms with E-state index in [2.05, 4.69) is 33.2 Å². The Morgan fingerprint density at radius 2 is 2.16 bits per heavy atom. The summed E-state index contributed by atoms with van der Waals surface area (Å²) >= 11 is 1.72. The summed E-state index contributed by atoms with van der Waals surface area (Å²) in [6.45, 7) is 9.22. The predicted molar refractivity (Wildman–Crippen MR) is 78.0 cm³/mol. The lowest BCUT2D eigenvalue weighted by atomic mass is 10.1. The molecular weight excluding hydrogens is 256 g/mol. The minimum Gasteiger partial charge on any atom is -0.295 e. The first-order chi connectivity index (χ1) is 9.22. The first-order valence-electron chi connectivity index (χ1n) is 7.00. The maximum atomic E-state index is 9.20. The van der Waals surface area contributed by atoms with Crippen molar-refractivity contribution >= 4 is 11.3 Å². The normalized spacial score (nSPS) is 19.2. The van der Waals surface area contributed by atoms with Crippen LogP contribution in [0.25, 0.3) is 0 Å². The van der Waals surface area contributed by atoms with Gasteiger partial charge in [-0.3, -0.25) is 9.80 Å². The van der Waals surface area contributed by atoms with Gasteiger partial charge in [-0.25, -0.2) is 4.98 Å². The lowest BCUT2D eigenvalue weighted by Gasteiger charge is -2.36. The standard InChI is InChI=1S/C14H22N4S/c1-3-4-14(9-15)18-7-5-17(6-8-18)10-13-11-19-12(2)16-13/h11,14H,3-8,10H2,1-2H3. The van der Waals surface area contributed by atoms with Gasteiger partial charge in [-0.2, -0.15) is 5.26 Å². The van der Waals surface area contributed by atoms with Gasteiger partial charge in [0.15, 0.2) is 0 Å². The molecule has 1 aromatic rings. The second-order valence-corrected chi connectivity index (χ2v) is 6.17. The predicted octanol–water partition coefficient (Wildman–Crippen LogP) is 2.26. The summed E-state index contributed by atoms with van der Waals surface area (Å²) < 4.78 is 0. The van der Waals surface area contributed by atoms with E-state index in [4.69, 9.17) is 0 Å². The van der Waals surface area contributed by atoms with E-state index in [-0.39, 0.29) is 6.04 Å². The summed E-state index contributed by atoms with van der Waals surface area (Å²) in [6.07, 6.45) is 2.07. The Labute approximate surface area is 119 Å². The highest BCUT2D eigenvalue weighted by molar-refractivity contribution is 7.09. The van der Waals surface area contributed by atoms with Crippen LogP contribution in [0.2, 0.25) is 0 Å². The molecule has 0 saturated carbocycles. The molecule has 0 aromatic carbocycles. The molecule has 19 heavy (non-hydrogen) atoms. The molecule has 1 atom stereocenters. The molecule has 0 aliphatic carbocycles. The highest BCUT2D eigenvalue weighted by Gasteiger charge is 2.23. The zero-order chi connectivity index (χ0) is 13.7. The second-order valence-electron chi connectivity index (χ2n) is 5.10. The van der Waals surface area contributed by atoms with Crippen LogP contribution < -0.4 is 0 Å². The third-order valence-corrected chi connectivity index (χ3v) is 4.43. The summed E-state index contributed by atoms with van der Waals surface area (Å²) in [4.78, 5) is 9.28. The zero-order valence-electron chi connectivity index (χ0n) is 11.8. The molecule has 4 nitrogen and oxygen atoms in total. The minimum atomic E-state index is 0.105. The van der Waals surface area contributed by atoms with Crippen LogP contribution in [0.5, 0.6) is 0 Å². The molecule has 1 aromatic heterocycles. The summed E-state index contributed by atoms with van der Waals surface area (Å²) in [5.74, 6) is 0. The molecule has 1 fully saturated rings. The Balaban J connectivity index is 1.80. The lowest BCUT2D eigenvalue weighted by Crippen LogP contribution is -2.49. The van der Waals surface area contributed by atoms with E-state index in [1.54, 1.807) is 11.3 Å². The van der Waals surface area contributed by atoms with Crippen LogP contribution in [0.15, 0.2) is 5.38 Å². The van der Waals surface area contributed by atoms with Crippen molar-refractivity contribution in [2.45, 2.75) is 39.3 Å². The first-order valence-corrected chi connectivity index (χ1v) is 7.88. The number of rotatable bonds is 5. The van der Waals surface area contributed by atoms with Gasteiger partial charge in [0.1, 0.15) is 0 Å². The zero-order valence-corrected chi connectivity index (χ0v) is 12.6. The molecule has 1 aliphatic heterocycles. The van der Waals surface area contributed by atoms with Crippen molar-refractivity contribution in [3.05, 3.63) is 16.1 Å². The molecule has 0 spiro atoms. The van der Waals surface area contributed by atoms with Gasteiger partial charge in [0, 0.05) is 38.1 Å². The maximum absolute atomic E-state index is 9.20. The first kappa shape index (κ1) is 14.4. The van der Waals surface area contributed by atoms with Crippen molar-refractivity contribution < 1.29 is 0 Å². The van der Waals surface area contributed by atoms with E-state index in [1.807, 2.05) is 6.92 Å². The fourth-order valence-corrected chi connectivity index (χ4v) is 3.15. The van der Waals surface area contributed by atoms with E-state index in [0.29, 0.717) is 0 Å². The van der Waals surface area contributed by atoms with Crippen molar-refractivity contribution in [2.24, 2.45) is 0 Å². The van der Waals surface area contributed by atoms with Crippen LogP contribution in [0.1, 0.15) is 30.5 Å². The molecule has 2 rings (SSSR count). The van der Waals surface area contributed by atoms with E-state index in [9.17, 15) is 5.26 Å². The lowest BCUT2D eigenvalue weighted by molar-refractivity contribution is 0.105. The molecule has 0 amide bonds. The van der Waals surface area contributed by atoms with E-state index in [0.717, 1.165) is 50.6 Å². The topological polar surface area (TPSA) is 43.2 Å². The summed E-state index contributed by atoms with van der Waals surface area (Å²) in [6, 6.07) is 2.54. The van der Waals surface area contributed by atoms with Gasteiger partial charge in [-0.1, -0.05) is 13.3 Å². The van der Waals surface area contributed by atoms with Crippen LogP contribution in [0.4, 0.5) is 0 Å². The number of nitriles is 1. The van der Waals surface area contributed by atoms with Gasteiger partial charge in [-0.15, -0.1) is 11.3 Å². The molecule has 2 heterocycles. The summed E-state index contributed by atoms with van der Waals surface area (Å²) in [5, 5.41) is 12.5. The second kappa shape index (κ2) is 6.99. The average molecular weight is 278 g/mol. The molecule has 104 valence electrons. The number of aryl methyl sites for hydroxylation is 1. The molecule has 0 N–H and O–H groups in total. The van der Waals surface area contributed by atoms with Crippen LogP contribution in [0.3, 0.4) is 0 Å². The largest absolute Gasteiger partial charge is 0.295 e. The van der Waals surface area contributed by atoms with Gasteiger partial charge in [0.05, 0.1) is 22.8 Å².